The van der Waals surface area contributed by atoms with Gasteiger partial charge in [-0.25, -0.2) is 0 Å². The van der Waals surface area contributed by atoms with E-state index in [0.29, 0.717) is 12.0 Å². The number of benzene rings is 1. The number of nitrogens with two attached hydrogens (primary N) is 1. The summed E-state index contributed by atoms with van der Waals surface area (Å²) in [4.78, 5) is 25.4. The monoisotopic (exact) mass is 246 g/mol. The van der Waals surface area contributed by atoms with Crippen molar-refractivity contribution in [3.8, 4) is 0 Å². The molecule has 0 aliphatic heterocycles. The summed E-state index contributed by atoms with van der Waals surface area (Å²) in [7, 11) is 1.30. The predicted molar refractivity (Wildman–Crippen MR) is 67.4 cm³/mol. The Hall–Kier alpha value is -2.14. The van der Waals surface area contributed by atoms with Gasteiger partial charge in [-0.2, -0.15) is 0 Å². The number of fused-ring (bicyclic) bond motifs is 1. The molecule has 18 heavy (non-hydrogen) atoms. The van der Waals surface area contributed by atoms with E-state index in [0.717, 1.165) is 22.8 Å². The number of aromatic nitrogens is 1. The van der Waals surface area contributed by atoms with Crippen LogP contribution in [0.5, 0.6) is 0 Å². The Morgan fingerprint density at radius 3 is 3.00 bits per heavy atom. The van der Waals surface area contributed by atoms with E-state index >= 15 is 0 Å². The van der Waals surface area contributed by atoms with E-state index in [-0.39, 0.29) is 0 Å². The molecule has 1 aromatic heterocycles. The number of methoxy groups -OCH3 is 1. The third-order valence-electron chi connectivity index (χ3n) is 2.89. The number of H-pyrrole nitrogens is 1. The van der Waals surface area contributed by atoms with Crippen molar-refractivity contribution in [3.05, 3.63) is 35.5 Å². The van der Waals surface area contributed by atoms with Gasteiger partial charge in [0.1, 0.15) is 6.04 Å². The van der Waals surface area contributed by atoms with E-state index in [2.05, 4.69) is 9.72 Å². The fraction of sp³-hybridized carbons (Fsp3) is 0.231. The second-order valence-corrected chi connectivity index (χ2v) is 4.04. The van der Waals surface area contributed by atoms with Gasteiger partial charge in [0.2, 0.25) is 0 Å². The van der Waals surface area contributed by atoms with Gasteiger partial charge in [-0.1, -0.05) is 12.1 Å². The molecule has 5 heteroatoms. The summed E-state index contributed by atoms with van der Waals surface area (Å²) in [6.07, 6.45) is 2.89. The zero-order valence-electron chi connectivity index (χ0n) is 9.97. The van der Waals surface area contributed by atoms with Crippen molar-refractivity contribution in [2.45, 2.75) is 12.5 Å². The lowest BCUT2D eigenvalue weighted by molar-refractivity contribution is -0.142. The molecule has 0 fully saturated rings. The Balaban J connectivity index is 2.40. The predicted octanol–water partition coefficient (Wildman–Crippen LogP) is 1.02. The highest BCUT2D eigenvalue weighted by atomic mass is 16.5. The summed E-state index contributed by atoms with van der Waals surface area (Å²) < 4.78 is 4.59. The SMILES string of the molecule is COC(=O)[C@@H](N)Cc1c[nH]c2cccc(C=O)c12. The molecule has 0 unspecified atom stereocenters. The molecule has 0 amide bonds. The standard InChI is InChI=1S/C13H14N2O3/c1-18-13(17)10(14)5-9-6-15-11-4-2-3-8(7-16)12(9)11/h2-4,6-7,10,15H,5,14H2,1H3/t10-/m0/s1. The summed E-state index contributed by atoms with van der Waals surface area (Å²) in [6, 6.07) is 4.67. The molecule has 0 saturated heterocycles. The summed E-state index contributed by atoms with van der Waals surface area (Å²) in [5, 5.41) is 0.812. The minimum absolute atomic E-state index is 0.331. The van der Waals surface area contributed by atoms with Crippen molar-refractivity contribution >= 4 is 23.2 Å². The minimum atomic E-state index is -0.728. The highest BCUT2D eigenvalue weighted by Crippen LogP contribution is 2.22. The Morgan fingerprint density at radius 1 is 1.56 bits per heavy atom. The number of hydrogen-bond acceptors (Lipinski definition) is 4. The van der Waals surface area contributed by atoms with Crippen LogP contribution < -0.4 is 5.73 Å². The van der Waals surface area contributed by atoms with E-state index < -0.39 is 12.0 Å². The van der Waals surface area contributed by atoms with Crippen LogP contribution in [0.3, 0.4) is 0 Å². The van der Waals surface area contributed by atoms with Crippen LogP contribution >= 0.6 is 0 Å². The van der Waals surface area contributed by atoms with E-state index in [1.807, 2.05) is 6.07 Å². The molecule has 0 spiro atoms. The first kappa shape index (κ1) is 12.3. The molecule has 0 bridgehead atoms. The normalized spacial score (nSPS) is 12.3. The first-order chi connectivity index (χ1) is 8.67. The highest BCUT2D eigenvalue weighted by Gasteiger charge is 2.17. The first-order valence-corrected chi connectivity index (χ1v) is 5.55. The second kappa shape index (κ2) is 5.01. The molecule has 2 aromatic rings. The number of carbonyl (C=O) groups excluding carboxylic acids is 2. The van der Waals surface area contributed by atoms with Crippen molar-refractivity contribution in [3.63, 3.8) is 0 Å². The lowest BCUT2D eigenvalue weighted by Crippen LogP contribution is -2.33. The zero-order chi connectivity index (χ0) is 13.1. The van der Waals surface area contributed by atoms with Crippen LogP contribution in [-0.4, -0.2) is 30.4 Å². The highest BCUT2D eigenvalue weighted by molar-refractivity contribution is 5.99. The number of aromatic amines is 1. The van der Waals surface area contributed by atoms with Crippen molar-refractivity contribution in [1.82, 2.24) is 4.98 Å². The average molecular weight is 246 g/mol. The fourth-order valence-corrected chi connectivity index (χ4v) is 2.02. The number of hydrogen-bond donors (Lipinski definition) is 2. The van der Waals surface area contributed by atoms with Gasteiger partial charge in [0.05, 0.1) is 7.11 Å². The first-order valence-electron chi connectivity index (χ1n) is 5.55. The number of nitrogens with one attached hydrogen (secondary N) is 1. The molecule has 2 rings (SSSR count). The van der Waals surface area contributed by atoms with Crippen LogP contribution in [0.4, 0.5) is 0 Å². The molecular formula is C13H14N2O3. The van der Waals surface area contributed by atoms with Crippen molar-refractivity contribution < 1.29 is 14.3 Å². The van der Waals surface area contributed by atoms with Gasteiger partial charge in [-0.3, -0.25) is 9.59 Å². The molecule has 0 aliphatic rings. The molecule has 3 N–H and O–H groups in total. The smallest absolute Gasteiger partial charge is 0.322 e. The Kier molecular flexibility index (Phi) is 3.43. The lowest BCUT2D eigenvalue weighted by Gasteiger charge is -2.08. The Labute approximate surface area is 104 Å². The largest absolute Gasteiger partial charge is 0.468 e. The molecule has 94 valence electrons. The van der Waals surface area contributed by atoms with Crippen LogP contribution in [0.1, 0.15) is 15.9 Å². The van der Waals surface area contributed by atoms with Crippen molar-refractivity contribution in [1.29, 1.82) is 0 Å². The maximum Gasteiger partial charge on any atom is 0.322 e. The van der Waals surface area contributed by atoms with Gasteiger partial charge >= 0.3 is 5.97 Å². The summed E-state index contributed by atoms with van der Waals surface area (Å²) >= 11 is 0. The van der Waals surface area contributed by atoms with Gasteiger partial charge in [-0.15, -0.1) is 0 Å². The van der Waals surface area contributed by atoms with Gasteiger partial charge in [-0.05, 0) is 11.6 Å². The average Bonchev–Trinajstić information content (AvgIpc) is 2.81. The van der Waals surface area contributed by atoms with Crippen LogP contribution in [0.2, 0.25) is 0 Å². The summed E-state index contributed by atoms with van der Waals surface area (Å²) in [6.45, 7) is 0. The molecule has 1 heterocycles. The van der Waals surface area contributed by atoms with E-state index in [4.69, 9.17) is 5.73 Å². The number of aldehydes is 1. The Morgan fingerprint density at radius 2 is 2.33 bits per heavy atom. The van der Waals surface area contributed by atoms with Crippen LogP contribution in [-0.2, 0) is 16.0 Å². The van der Waals surface area contributed by atoms with Crippen LogP contribution in [0, 0.1) is 0 Å². The van der Waals surface area contributed by atoms with Gasteiger partial charge in [0.25, 0.3) is 0 Å². The second-order valence-electron chi connectivity index (χ2n) is 4.04. The number of carbonyl (C=O) groups is 2. The summed E-state index contributed by atoms with van der Waals surface area (Å²) in [5.74, 6) is -0.465. The van der Waals surface area contributed by atoms with Crippen molar-refractivity contribution in [2.75, 3.05) is 7.11 Å². The minimum Gasteiger partial charge on any atom is -0.468 e. The van der Waals surface area contributed by atoms with Gasteiger partial charge in [0, 0.05) is 29.1 Å². The third kappa shape index (κ3) is 2.12. The van der Waals surface area contributed by atoms with E-state index in [1.165, 1.54) is 7.11 Å². The van der Waals surface area contributed by atoms with E-state index in [9.17, 15) is 9.59 Å². The quantitative estimate of drug-likeness (QED) is 0.623. The van der Waals surface area contributed by atoms with Gasteiger partial charge in [0.15, 0.2) is 6.29 Å². The number of ether oxygens (including phenoxy) is 1. The fourth-order valence-electron chi connectivity index (χ4n) is 2.02. The topological polar surface area (TPSA) is 85.2 Å². The number of rotatable bonds is 4. The lowest BCUT2D eigenvalue weighted by atomic mass is 10.0. The van der Waals surface area contributed by atoms with Crippen LogP contribution in [0.15, 0.2) is 24.4 Å². The Bertz CT molecular complexity index is 589. The maximum absolute atomic E-state index is 11.3. The summed E-state index contributed by atoms with van der Waals surface area (Å²) in [5.41, 5.74) is 8.00. The molecule has 1 aromatic carbocycles. The van der Waals surface area contributed by atoms with Crippen molar-refractivity contribution in [2.24, 2.45) is 5.73 Å². The molecule has 0 saturated carbocycles. The molecule has 5 nitrogen and oxygen atoms in total. The zero-order valence-corrected chi connectivity index (χ0v) is 9.97. The van der Waals surface area contributed by atoms with Gasteiger partial charge < -0.3 is 15.5 Å². The molecule has 0 radical (unpaired) electrons. The molecule has 0 aliphatic carbocycles. The third-order valence-corrected chi connectivity index (χ3v) is 2.89. The maximum atomic E-state index is 11.3. The molecular weight excluding hydrogens is 232 g/mol. The molecule has 1 atom stereocenters. The number of esters is 1. The van der Waals surface area contributed by atoms with Crippen LogP contribution in [0.25, 0.3) is 10.9 Å². The van der Waals surface area contributed by atoms with E-state index in [1.54, 1.807) is 18.3 Å².